The molecule has 128 valence electrons. The first-order chi connectivity index (χ1) is 11.7. The fourth-order valence-corrected chi connectivity index (χ4v) is 3.68. The van der Waals surface area contributed by atoms with E-state index >= 15 is 0 Å². The molecule has 2 aromatic rings. The second-order valence-electron chi connectivity index (χ2n) is 5.88. The molecule has 1 fully saturated rings. The molecule has 1 aromatic carbocycles. The number of aromatic nitrogens is 2. The van der Waals surface area contributed by atoms with E-state index in [4.69, 9.17) is 4.74 Å². The second kappa shape index (κ2) is 7.36. The number of methoxy groups -OCH3 is 1. The van der Waals surface area contributed by atoms with Gasteiger partial charge in [0, 0.05) is 18.9 Å². The number of benzene rings is 1. The summed E-state index contributed by atoms with van der Waals surface area (Å²) in [6.07, 6.45) is 5.05. The van der Waals surface area contributed by atoms with Crippen LogP contribution in [-0.2, 0) is 16.9 Å². The molecular weight excluding hydrogens is 372 g/mol. The summed E-state index contributed by atoms with van der Waals surface area (Å²) in [5, 5.41) is 10.7. The van der Waals surface area contributed by atoms with Gasteiger partial charge in [0.2, 0.25) is 5.91 Å². The van der Waals surface area contributed by atoms with Gasteiger partial charge < -0.3 is 15.4 Å². The van der Waals surface area contributed by atoms with Gasteiger partial charge in [-0.2, -0.15) is 5.10 Å². The van der Waals surface area contributed by atoms with E-state index in [1.807, 2.05) is 30.5 Å². The van der Waals surface area contributed by atoms with Crippen LogP contribution in [0.25, 0.3) is 0 Å². The molecule has 1 aliphatic heterocycles. The van der Waals surface area contributed by atoms with Crippen molar-refractivity contribution in [3.63, 3.8) is 0 Å². The number of hydrogen-bond acceptors (Lipinski definition) is 4. The van der Waals surface area contributed by atoms with Crippen LogP contribution in [0.3, 0.4) is 0 Å². The van der Waals surface area contributed by atoms with Crippen molar-refractivity contribution >= 4 is 21.8 Å². The lowest BCUT2D eigenvalue weighted by Crippen LogP contribution is -2.54. The molecule has 6 nitrogen and oxygen atoms in total. The van der Waals surface area contributed by atoms with E-state index in [9.17, 15) is 4.79 Å². The van der Waals surface area contributed by atoms with E-state index < -0.39 is 5.54 Å². The molecule has 0 radical (unpaired) electrons. The number of amides is 1. The van der Waals surface area contributed by atoms with Gasteiger partial charge in [0.25, 0.3) is 0 Å². The SMILES string of the molecule is COc1ccc(CNC(=O)C2(n3cccn3)CCNCC2)cc1Br. The van der Waals surface area contributed by atoms with Crippen LogP contribution >= 0.6 is 15.9 Å². The van der Waals surface area contributed by atoms with Gasteiger partial charge in [-0.3, -0.25) is 9.48 Å². The molecule has 0 atom stereocenters. The third-order valence-corrected chi connectivity index (χ3v) is 5.09. The van der Waals surface area contributed by atoms with E-state index in [1.165, 1.54) is 0 Å². The van der Waals surface area contributed by atoms with Crippen molar-refractivity contribution in [1.29, 1.82) is 0 Å². The van der Waals surface area contributed by atoms with Gasteiger partial charge in [-0.25, -0.2) is 0 Å². The summed E-state index contributed by atoms with van der Waals surface area (Å²) in [6, 6.07) is 7.66. The average Bonchev–Trinajstić information content (AvgIpc) is 3.15. The third-order valence-electron chi connectivity index (χ3n) is 4.47. The monoisotopic (exact) mass is 392 g/mol. The van der Waals surface area contributed by atoms with Crippen molar-refractivity contribution in [2.45, 2.75) is 24.9 Å². The summed E-state index contributed by atoms with van der Waals surface area (Å²) in [5.74, 6) is 0.788. The number of rotatable bonds is 5. The lowest BCUT2D eigenvalue weighted by Gasteiger charge is -2.36. The molecule has 1 saturated heterocycles. The summed E-state index contributed by atoms with van der Waals surface area (Å²) in [5.41, 5.74) is 0.402. The molecule has 0 saturated carbocycles. The van der Waals surface area contributed by atoms with Gasteiger partial charge in [-0.1, -0.05) is 6.07 Å². The Morgan fingerprint density at radius 1 is 1.46 bits per heavy atom. The van der Waals surface area contributed by atoms with Gasteiger partial charge in [0.15, 0.2) is 0 Å². The number of nitrogens with one attached hydrogen (secondary N) is 2. The van der Waals surface area contributed by atoms with Crippen LogP contribution in [0.4, 0.5) is 0 Å². The Labute approximate surface area is 149 Å². The first kappa shape index (κ1) is 17.0. The zero-order valence-corrected chi connectivity index (χ0v) is 15.2. The number of hydrogen-bond donors (Lipinski definition) is 2. The second-order valence-corrected chi connectivity index (χ2v) is 6.74. The Kier molecular flexibility index (Phi) is 5.20. The number of carbonyl (C=O) groups is 1. The number of carbonyl (C=O) groups excluding carboxylic acids is 1. The first-order valence-electron chi connectivity index (χ1n) is 7.97. The number of piperidine rings is 1. The zero-order chi connectivity index (χ0) is 17.0. The highest BCUT2D eigenvalue weighted by atomic mass is 79.9. The Bertz CT molecular complexity index is 697. The Balaban J connectivity index is 1.73. The average molecular weight is 393 g/mol. The highest BCUT2D eigenvalue weighted by molar-refractivity contribution is 9.10. The molecular formula is C17H21BrN4O2. The van der Waals surface area contributed by atoms with Crippen LogP contribution < -0.4 is 15.4 Å². The topological polar surface area (TPSA) is 68.2 Å². The molecule has 2 N–H and O–H groups in total. The Hall–Kier alpha value is -1.86. The summed E-state index contributed by atoms with van der Waals surface area (Å²) in [7, 11) is 1.63. The van der Waals surface area contributed by atoms with Crippen molar-refractivity contribution in [1.82, 2.24) is 20.4 Å². The number of nitrogens with zero attached hydrogens (tertiary/aromatic N) is 2. The third kappa shape index (κ3) is 3.32. The summed E-state index contributed by atoms with van der Waals surface area (Å²) >= 11 is 3.47. The molecule has 24 heavy (non-hydrogen) atoms. The van der Waals surface area contributed by atoms with Crippen LogP contribution in [0.2, 0.25) is 0 Å². The highest BCUT2D eigenvalue weighted by Crippen LogP contribution is 2.28. The standard InChI is InChI=1S/C17H21BrN4O2/c1-24-15-4-3-13(11-14(15)18)12-20-16(23)17(5-8-19-9-6-17)22-10-2-7-21-22/h2-4,7,10-11,19H,5-6,8-9,12H2,1H3,(H,20,23). The minimum absolute atomic E-state index is 0.0136. The van der Waals surface area contributed by atoms with Crippen molar-refractivity contribution in [2.75, 3.05) is 20.2 Å². The van der Waals surface area contributed by atoms with E-state index in [2.05, 4.69) is 31.7 Å². The molecule has 1 aromatic heterocycles. The predicted octanol–water partition coefficient (Wildman–Crippen LogP) is 2.05. The van der Waals surface area contributed by atoms with Gasteiger partial charge in [0.05, 0.1) is 11.6 Å². The van der Waals surface area contributed by atoms with Crippen molar-refractivity contribution < 1.29 is 9.53 Å². The molecule has 7 heteroatoms. The molecule has 0 aliphatic carbocycles. The van der Waals surface area contributed by atoms with E-state index in [1.54, 1.807) is 18.0 Å². The minimum atomic E-state index is -0.613. The summed E-state index contributed by atoms with van der Waals surface area (Å²) < 4.78 is 7.91. The quantitative estimate of drug-likeness (QED) is 0.816. The summed E-state index contributed by atoms with van der Waals surface area (Å²) in [4.78, 5) is 13.0. The fourth-order valence-electron chi connectivity index (χ4n) is 3.09. The molecule has 2 heterocycles. The fraction of sp³-hybridized carbons (Fsp3) is 0.412. The van der Waals surface area contributed by atoms with Gasteiger partial charge in [-0.05, 0) is 65.6 Å². The van der Waals surface area contributed by atoms with Crippen LogP contribution in [0.15, 0.2) is 41.1 Å². The largest absolute Gasteiger partial charge is 0.496 e. The maximum absolute atomic E-state index is 13.0. The Morgan fingerprint density at radius 2 is 2.25 bits per heavy atom. The number of ether oxygens (including phenoxy) is 1. The van der Waals surface area contributed by atoms with Crippen LogP contribution in [0.5, 0.6) is 5.75 Å². The van der Waals surface area contributed by atoms with Crippen molar-refractivity contribution in [2.24, 2.45) is 0 Å². The maximum Gasteiger partial charge on any atom is 0.248 e. The lowest BCUT2D eigenvalue weighted by atomic mass is 9.87. The predicted molar refractivity (Wildman–Crippen MR) is 94.8 cm³/mol. The minimum Gasteiger partial charge on any atom is -0.496 e. The van der Waals surface area contributed by atoms with Crippen molar-refractivity contribution in [3.05, 3.63) is 46.7 Å². The van der Waals surface area contributed by atoms with Crippen molar-refractivity contribution in [3.8, 4) is 5.75 Å². The maximum atomic E-state index is 13.0. The first-order valence-corrected chi connectivity index (χ1v) is 8.76. The Morgan fingerprint density at radius 3 is 2.88 bits per heavy atom. The normalized spacial score (nSPS) is 16.6. The number of halogens is 1. The van der Waals surface area contributed by atoms with Gasteiger partial charge in [0.1, 0.15) is 11.3 Å². The molecule has 0 unspecified atom stereocenters. The van der Waals surface area contributed by atoms with Crippen LogP contribution in [0, 0.1) is 0 Å². The van der Waals surface area contributed by atoms with Gasteiger partial charge in [-0.15, -0.1) is 0 Å². The highest BCUT2D eigenvalue weighted by Gasteiger charge is 2.41. The van der Waals surface area contributed by atoms with E-state index in [0.29, 0.717) is 6.54 Å². The molecule has 1 amide bonds. The molecule has 1 aliphatic rings. The zero-order valence-electron chi connectivity index (χ0n) is 13.6. The van der Waals surface area contributed by atoms with Gasteiger partial charge >= 0.3 is 0 Å². The lowest BCUT2D eigenvalue weighted by molar-refractivity contribution is -0.132. The molecule has 0 spiro atoms. The van der Waals surface area contributed by atoms with Crippen LogP contribution in [-0.4, -0.2) is 35.9 Å². The molecule has 0 bridgehead atoms. The smallest absolute Gasteiger partial charge is 0.248 e. The summed E-state index contributed by atoms with van der Waals surface area (Å²) in [6.45, 7) is 2.08. The van der Waals surface area contributed by atoms with Crippen LogP contribution in [0.1, 0.15) is 18.4 Å². The molecule has 3 rings (SSSR count). The van der Waals surface area contributed by atoms with E-state index in [-0.39, 0.29) is 5.91 Å². The van der Waals surface area contributed by atoms with E-state index in [0.717, 1.165) is 41.7 Å².